The van der Waals surface area contributed by atoms with Gasteiger partial charge in [-0.25, -0.2) is 19.9 Å². The minimum atomic E-state index is 0.587. The van der Waals surface area contributed by atoms with Gasteiger partial charge in [0.25, 0.3) is 0 Å². The lowest BCUT2D eigenvalue weighted by Crippen LogP contribution is -2.00. The smallest absolute Gasteiger partial charge is 0.227 e. The van der Waals surface area contributed by atoms with Gasteiger partial charge in [-0.1, -0.05) is 97.1 Å². The van der Waals surface area contributed by atoms with Gasteiger partial charge in [0.05, 0.1) is 5.39 Å². The normalized spacial score (nSPS) is 11.6. The third-order valence-electron chi connectivity index (χ3n) is 7.95. The Morgan fingerprint density at radius 1 is 0.432 bits per heavy atom. The lowest BCUT2D eigenvalue weighted by Gasteiger charge is -2.10. The Balaban J connectivity index is 1.26. The van der Waals surface area contributed by atoms with E-state index in [2.05, 4.69) is 24.3 Å². The lowest BCUT2D eigenvalue weighted by molar-refractivity contribution is 0.622. The Kier molecular flexibility index (Phi) is 5.40. The molecule has 44 heavy (non-hydrogen) atoms. The van der Waals surface area contributed by atoms with Crippen molar-refractivity contribution in [1.82, 2.24) is 19.9 Å². The van der Waals surface area contributed by atoms with Crippen LogP contribution in [0.15, 0.2) is 142 Å². The number of benzene rings is 6. The molecule has 0 radical (unpaired) electrons. The molecule has 0 atom stereocenters. The zero-order valence-electron chi connectivity index (χ0n) is 23.3. The van der Waals surface area contributed by atoms with E-state index in [9.17, 15) is 0 Å². The molecule has 0 aliphatic heterocycles. The summed E-state index contributed by atoms with van der Waals surface area (Å²) in [6, 6.07) is 44.3. The summed E-state index contributed by atoms with van der Waals surface area (Å²) in [4.78, 5) is 19.6. The molecule has 0 saturated carbocycles. The first-order chi connectivity index (χ1) is 21.8. The zero-order valence-corrected chi connectivity index (χ0v) is 23.3. The molecule has 6 aromatic carbocycles. The van der Waals surface area contributed by atoms with Crippen LogP contribution in [0, 0.1) is 0 Å². The monoisotopic (exact) mass is 566 g/mol. The number of nitrogens with zero attached hydrogens (tertiary/aromatic N) is 4. The number of hydrogen-bond acceptors (Lipinski definition) is 6. The molecule has 6 nitrogen and oxygen atoms in total. The Hall–Kier alpha value is -6.14. The predicted octanol–water partition coefficient (Wildman–Crippen LogP) is 9.73. The van der Waals surface area contributed by atoms with E-state index in [0.717, 1.165) is 60.5 Å². The maximum Gasteiger partial charge on any atom is 0.227 e. The zero-order chi connectivity index (χ0) is 29.0. The molecular weight excluding hydrogens is 544 g/mol. The maximum absolute atomic E-state index is 6.42. The molecule has 9 rings (SSSR count). The molecule has 0 bridgehead atoms. The lowest BCUT2D eigenvalue weighted by atomic mass is 10.0. The first-order valence-corrected chi connectivity index (χ1v) is 14.4. The van der Waals surface area contributed by atoms with Crippen LogP contribution >= 0.6 is 0 Å². The summed E-state index contributed by atoms with van der Waals surface area (Å²) in [5, 5.41) is 3.91. The average molecular weight is 567 g/mol. The van der Waals surface area contributed by atoms with Gasteiger partial charge < -0.3 is 8.83 Å². The van der Waals surface area contributed by atoms with Gasteiger partial charge in [0.2, 0.25) is 5.89 Å². The van der Waals surface area contributed by atoms with E-state index in [4.69, 9.17) is 28.8 Å². The summed E-state index contributed by atoms with van der Waals surface area (Å²) in [5.41, 5.74) is 6.70. The molecule has 0 aliphatic rings. The van der Waals surface area contributed by atoms with Gasteiger partial charge in [-0.3, -0.25) is 0 Å². The minimum absolute atomic E-state index is 0.587. The molecule has 0 amide bonds. The average Bonchev–Trinajstić information content (AvgIpc) is 3.69. The highest BCUT2D eigenvalue weighted by Gasteiger charge is 2.19. The van der Waals surface area contributed by atoms with Gasteiger partial charge in [-0.05, 0) is 47.2 Å². The van der Waals surface area contributed by atoms with Crippen LogP contribution in [0.5, 0.6) is 0 Å². The van der Waals surface area contributed by atoms with Crippen molar-refractivity contribution in [3.63, 3.8) is 0 Å². The van der Waals surface area contributed by atoms with Gasteiger partial charge >= 0.3 is 0 Å². The highest BCUT2D eigenvalue weighted by atomic mass is 16.4. The van der Waals surface area contributed by atoms with Crippen molar-refractivity contribution >= 4 is 43.8 Å². The number of hydrogen-bond donors (Lipinski definition) is 0. The number of fused-ring (bicyclic) bond motifs is 6. The van der Waals surface area contributed by atoms with Crippen molar-refractivity contribution in [3.8, 4) is 45.6 Å². The molecule has 3 heterocycles. The SMILES string of the molecule is c1ccc(-c2nc(-c3ccccc3)nc(-c3cccc4cc5c(cc34)oc3ccc4nc(-c6ccccc6)oc4c35)n2)cc1. The standard InChI is InChI=1S/C38H22N4O2/c1-4-11-23(12-5-1)35-40-36(24-13-6-2-7-14-24)42-37(41-35)27-18-10-17-26-21-29-32(22-28(26)27)43-31-20-19-30-34(33(29)31)44-38(39-30)25-15-8-3-9-16-25/h1-22H. The molecule has 206 valence electrons. The second-order valence-corrected chi connectivity index (χ2v) is 10.7. The van der Waals surface area contributed by atoms with Crippen molar-refractivity contribution in [2.24, 2.45) is 0 Å². The van der Waals surface area contributed by atoms with E-state index in [1.807, 2.05) is 109 Å². The van der Waals surface area contributed by atoms with Crippen LogP contribution < -0.4 is 0 Å². The third kappa shape index (κ3) is 3.96. The summed E-state index contributed by atoms with van der Waals surface area (Å²) in [6.07, 6.45) is 0. The minimum Gasteiger partial charge on any atom is -0.456 e. The van der Waals surface area contributed by atoms with Crippen molar-refractivity contribution in [1.29, 1.82) is 0 Å². The van der Waals surface area contributed by atoms with E-state index in [1.54, 1.807) is 0 Å². The highest BCUT2D eigenvalue weighted by Crippen LogP contribution is 2.40. The van der Waals surface area contributed by atoms with Crippen molar-refractivity contribution in [2.45, 2.75) is 0 Å². The molecule has 0 spiro atoms. The Morgan fingerprint density at radius 3 is 1.75 bits per heavy atom. The van der Waals surface area contributed by atoms with Gasteiger partial charge in [0, 0.05) is 27.6 Å². The molecule has 0 aliphatic carbocycles. The van der Waals surface area contributed by atoms with Gasteiger partial charge in [0.1, 0.15) is 16.7 Å². The van der Waals surface area contributed by atoms with E-state index in [-0.39, 0.29) is 0 Å². The van der Waals surface area contributed by atoms with Gasteiger partial charge in [-0.2, -0.15) is 0 Å². The first-order valence-electron chi connectivity index (χ1n) is 14.4. The molecule has 0 saturated heterocycles. The van der Waals surface area contributed by atoms with Crippen LogP contribution in [-0.2, 0) is 0 Å². The topological polar surface area (TPSA) is 77.8 Å². The fourth-order valence-electron chi connectivity index (χ4n) is 5.85. The molecule has 3 aromatic heterocycles. The van der Waals surface area contributed by atoms with Gasteiger partial charge in [-0.15, -0.1) is 0 Å². The van der Waals surface area contributed by atoms with Crippen molar-refractivity contribution in [3.05, 3.63) is 133 Å². The van der Waals surface area contributed by atoms with Crippen LogP contribution in [0.25, 0.3) is 89.4 Å². The van der Waals surface area contributed by atoms with Crippen molar-refractivity contribution < 1.29 is 8.83 Å². The Labute approximate surface area is 251 Å². The summed E-state index contributed by atoms with van der Waals surface area (Å²) >= 11 is 0. The molecule has 6 heteroatoms. The number of rotatable bonds is 4. The number of furan rings is 1. The van der Waals surface area contributed by atoms with E-state index >= 15 is 0 Å². The fraction of sp³-hybridized carbons (Fsp3) is 0. The van der Waals surface area contributed by atoms with Gasteiger partial charge in [0.15, 0.2) is 23.1 Å². The second-order valence-electron chi connectivity index (χ2n) is 10.7. The Bertz CT molecular complexity index is 2430. The van der Waals surface area contributed by atoms with Crippen molar-refractivity contribution in [2.75, 3.05) is 0 Å². The third-order valence-corrected chi connectivity index (χ3v) is 7.95. The molecular formula is C38H22N4O2. The maximum atomic E-state index is 6.42. The van der Waals surface area contributed by atoms with E-state index < -0.39 is 0 Å². The quantitative estimate of drug-likeness (QED) is 0.211. The Morgan fingerprint density at radius 2 is 1.07 bits per heavy atom. The fourth-order valence-corrected chi connectivity index (χ4v) is 5.85. The summed E-state index contributed by atoms with van der Waals surface area (Å²) in [5.74, 6) is 2.43. The highest BCUT2D eigenvalue weighted by molar-refractivity contribution is 6.19. The molecule has 9 aromatic rings. The second kappa shape index (κ2) is 9.71. The van der Waals surface area contributed by atoms with Crippen LogP contribution in [0.2, 0.25) is 0 Å². The summed E-state index contributed by atoms with van der Waals surface area (Å²) in [7, 11) is 0. The summed E-state index contributed by atoms with van der Waals surface area (Å²) in [6.45, 7) is 0. The van der Waals surface area contributed by atoms with Crippen LogP contribution in [-0.4, -0.2) is 19.9 Å². The van der Waals surface area contributed by atoms with E-state index in [0.29, 0.717) is 28.9 Å². The predicted molar refractivity (Wildman–Crippen MR) is 174 cm³/mol. The van der Waals surface area contributed by atoms with Crippen LogP contribution in [0.4, 0.5) is 0 Å². The van der Waals surface area contributed by atoms with E-state index in [1.165, 1.54) is 0 Å². The largest absolute Gasteiger partial charge is 0.456 e. The van der Waals surface area contributed by atoms with Crippen LogP contribution in [0.1, 0.15) is 0 Å². The molecule has 0 fully saturated rings. The molecule has 0 unspecified atom stereocenters. The summed E-state index contributed by atoms with van der Waals surface area (Å²) < 4.78 is 12.8. The molecule has 0 N–H and O–H groups in total. The number of aromatic nitrogens is 4. The van der Waals surface area contributed by atoms with Crippen LogP contribution in [0.3, 0.4) is 0 Å². The first kappa shape index (κ1) is 24.5. The number of oxazole rings is 1.